The monoisotopic (exact) mass is 340 g/mol. The van der Waals surface area contributed by atoms with Crippen LogP contribution in [0.2, 0.25) is 0 Å². The Morgan fingerprint density at radius 2 is 1.79 bits per heavy atom. The number of amides is 1. The maximum atomic E-state index is 12.4. The number of carbonyl (C=O) groups is 1. The van der Waals surface area contributed by atoms with Crippen LogP contribution in [-0.2, 0) is 0 Å². The minimum Gasteiger partial charge on any atom is -0.497 e. The van der Waals surface area contributed by atoms with E-state index in [1.807, 2.05) is 35.7 Å². The van der Waals surface area contributed by atoms with Crippen LogP contribution in [0.15, 0.2) is 53.9 Å². The van der Waals surface area contributed by atoms with Crippen molar-refractivity contribution in [3.63, 3.8) is 0 Å². The van der Waals surface area contributed by atoms with Gasteiger partial charge in [0.15, 0.2) is 5.13 Å². The third kappa shape index (κ3) is 3.38. The lowest BCUT2D eigenvalue weighted by atomic mass is 10.2. The lowest BCUT2D eigenvalue weighted by molar-refractivity contribution is 0.102. The second kappa shape index (κ2) is 7.14. The zero-order chi connectivity index (χ0) is 16.9. The third-order valence-electron chi connectivity index (χ3n) is 3.46. The summed E-state index contributed by atoms with van der Waals surface area (Å²) in [5, 5.41) is 5.25. The first-order valence-corrected chi connectivity index (χ1v) is 8.13. The maximum absolute atomic E-state index is 12.4. The molecule has 0 aliphatic rings. The Kier molecular flexibility index (Phi) is 4.77. The Labute approximate surface area is 143 Å². The Hall–Kier alpha value is -2.86. The topological polar surface area (TPSA) is 60.5 Å². The number of nitrogens with zero attached hydrogens (tertiary/aromatic N) is 1. The van der Waals surface area contributed by atoms with Gasteiger partial charge in [-0.2, -0.15) is 0 Å². The van der Waals surface area contributed by atoms with E-state index < -0.39 is 0 Å². The molecule has 2 aromatic carbocycles. The predicted molar refractivity (Wildman–Crippen MR) is 95.0 cm³/mol. The van der Waals surface area contributed by atoms with Crippen LogP contribution in [-0.4, -0.2) is 25.1 Å². The summed E-state index contributed by atoms with van der Waals surface area (Å²) in [5.41, 5.74) is 2.24. The summed E-state index contributed by atoms with van der Waals surface area (Å²) in [6, 6.07) is 14.7. The summed E-state index contributed by atoms with van der Waals surface area (Å²) in [4.78, 5) is 16.8. The molecule has 1 heterocycles. The van der Waals surface area contributed by atoms with Gasteiger partial charge in [0.25, 0.3) is 5.91 Å². The van der Waals surface area contributed by atoms with Crippen molar-refractivity contribution in [3.8, 4) is 22.8 Å². The molecule has 1 N–H and O–H groups in total. The van der Waals surface area contributed by atoms with E-state index in [4.69, 9.17) is 9.47 Å². The molecule has 0 aliphatic carbocycles. The first-order valence-electron chi connectivity index (χ1n) is 7.25. The molecular weight excluding hydrogens is 324 g/mol. The zero-order valence-electron chi connectivity index (χ0n) is 13.3. The molecule has 3 aromatic rings. The Morgan fingerprint density at radius 3 is 2.50 bits per heavy atom. The highest BCUT2D eigenvalue weighted by molar-refractivity contribution is 7.14. The van der Waals surface area contributed by atoms with Crippen LogP contribution in [0.25, 0.3) is 11.3 Å². The molecule has 0 aliphatic heterocycles. The number of anilines is 1. The Morgan fingerprint density at radius 1 is 1.04 bits per heavy atom. The number of hydrogen-bond acceptors (Lipinski definition) is 5. The smallest absolute Gasteiger partial charge is 0.261 e. The summed E-state index contributed by atoms with van der Waals surface area (Å²) >= 11 is 1.38. The number of rotatable bonds is 5. The molecule has 0 spiro atoms. The fourth-order valence-electron chi connectivity index (χ4n) is 2.22. The van der Waals surface area contributed by atoms with E-state index in [1.54, 1.807) is 25.3 Å². The van der Waals surface area contributed by atoms with Gasteiger partial charge in [-0.15, -0.1) is 11.3 Å². The first-order chi connectivity index (χ1) is 11.7. The van der Waals surface area contributed by atoms with Gasteiger partial charge in [-0.25, -0.2) is 4.98 Å². The van der Waals surface area contributed by atoms with Crippen LogP contribution in [0.4, 0.5) is 5.13 Å². The van der Waals surface area contributed by atoms with Crippen molar-refractivity contribution in [3.05, 3.63) is 59.5 Å². The molecule has 0 bridgehead atoms. The maximum Gasteiger partial charge on any atom is 0.261 e. The molecule has 6 heteroatoms. The van der Waals surface area contributed by atoms with E-state index in [0.29, 0.717) is 16.4 Å². The van der Waals surface area contributed by atoms with Crippen LogP contribution in [0.5, 0.6) is 11.5 Å². The summed E-state index contributed by atoms with van der Waals surface area (Å²) in [7, 11) is 3.17. The van der Waals surface area contributed by atoms with Gasteiger partial charge < -0.3 is 9.47 Å². The van der Waals surface area contributed by atoms with Crippen molar-refractivity contribution >= 4 is 22.4 Å². The molecule has 122 valence electrons. The molecule has 0 saturated carbocycles. The molecule has 0 atom stereocenters. The predicted octanol–water partition coefficient (Wildman–Crippen LogP) is 4.08. The van der Waals surface area contributed by atoms with E-state index in [-0.39, 0.29) is 5.91 Å². The average molecular weight is 340 g/mol. The SMILES string of the molecule is COc1ccc(-c2csc(NC(=O)c3ccccc3OC)n2)cc1. The van der Waals surface area contributed by atoms with Gasteiger partial charge in [0.2, 0.25) is 0 Å². The minimum absolute atomic E-state index is 0.247. The number of nitrogens with one attached hydrogen (secondary N) is 1. The van der Waals surface area contributed by atoms with Crippen LogP contribution >= 0.6 is 11.3 Å². The van der Waals surface area contributed by atoms with E-state index in [1.165, 1.54) is 18.4 Å². The van der Waals surface area contributed by atoms with Gasteiger partial charge in [0, 0.05) is 10.9 Å². The number of aromatic nitrogens is 1. The average Bonchev–Trinajstić information content (AvgIpc) is 3.10. The zero-order valence-corrected chi connectivity index (χ0v) is 14.1. The molecule has 24 heavy (non-hydrogen) atoms. The van der Waals surface area contributed by atoms with E-state index in [0.717, 1.165) is 17.0 Å². The molecule has 0 unspecified atom stereocenters. The van der Waals surface area contributed by atoms with Crippen molar-refractivity contribution < 1.29 is 14.3 Å². The highest BCUT2D eigenvalue weighted by Crippen LogP contribution is 2.27. The normalized spacial score (nSPS) is 10.2. The molecule has 5 nitrogen and oxygen atoms in total. The van der Waals surface area contributed by atoms with E-state index >= 15 is 0 Å². The minimum atomic E-state index is -0.247. The number of methoxy groups -OCH3 is 2. The van der Waals surface area contributed by atoms with Crippen LogP contribution in [0, 0.1) is 0 Å². The summed E-state index contributed by atoms with van der Waals surface area (Å²) in [6.45, 7) is 0. The number of hydrogen-bond donors (Lipinski definition) is 1. The van der Waals surface area contributed by atoms with Crippen LogP contribution in [0.3, 0.4) is 0 Å². The molecule has 1 amide bonds. The second-order valence-corrected chi connectivity index (χ2v) is 5.78. The fourth-order valence-corrected chi connectivity index (χ4v) is 2.94. The number of benzene rings is 2. The molecule has 0 fully saturated rings. The molecular formula is C18H16N2O3S. The molecule has 3 rings (SSSR count). The summed E-state index contributed by atoms with van der Waals surface area (Å²) in [6.07, 6.45) is 0. The summed E-state index contributed by atoms with van der Waals surface area (Å²) in [5.74, 6) is 1.07. The van der Waals surface area contributed by atoms with E-state index in [2.05, 4.69) is 10.3 Å². The highest BCUT2D eigenvalue weighted by Gasteiger charge is 2.13. The van der Waals surface area contributed by atoms with Crippen LogP contribution in [0.1, 0.15) is 10.4 Å². The fraction of sp³-hybridized carbons (Fsp3) is 0.111. The van der Waals surface area contributed by atoms with E-state index in [9.17, 15) is 4.79 Å². The number of para-hydroxylation sites is 1. The van der Waals surface area contributed by atoms with Crippen molar-refractivity contribution in [1.29, 1.82) is 0 Å². The number of thiazole rings is 1. The highest BCUT2D eigenvalue weighted by atomic mass is 32.1. The van der Waals surface area contributed by atoms with Crippen molar-refractivity contribution in [2.24, 2.45) is 0 Å². The standard InChI is InChI=1S/C18H16N2O3S/c1-22-13-9-7-12(8-10-13)15-11-24-18(19-15)20-17(21)14-5-3-4-6-16(14)23-2/h3-11H,1-2H3,(H,19,20,21). The first kappa shape index (κ1) is 16.0. The van der Waals surface area contributed by atoms with Gasteiger partial charge >= 0.3 is 0 Å². The van der Waals surface area contributed by atoms with Crippen molar-refractivity contribution in [2.75, 3.05) is 19.5 Å². The lowest BCUT2D eigenvalue weighted by Gasteiger charge is -2.07. The number of ether oxygens (including phenoxy) is 2. The van der Waals surface area contributed by atoms with Gasteiger partial charge in [-0.3, -0.25) is 10.1 Å². The molecule has 0 saturated heterocycles. The third-order valence-corrected chi connectivity index (χ3v) is 4.22. The van der Waals surface area contributed by atoms with Crippen molar-refractivity contribution in [1.82, 2.24) is 4.98 Å². The van der Waals surface area contributed by atoms with Gasteiger partial charge in [0.05, 0.1) is 25.5 Å². The van der Waals surface area contributed by atoms with Gasteiger partial charge in [-0.1, -0.05) is 12.1 Å². The Bertz CT molecular complexity index is 843. The van der Waals surface area contributed by atoms with Crippen LogP contribution < -0.4 is 14.8 Å². The molecule has 1 aromatic heterocycles. The quantitative estimate of drug-likeness (QED) is 0.760. The largest absolute Gasteiger partial charge is 0.497 e. The van der Waals surface area contributed by atoms with Gasteiger partial charge in [0.1, 0.15) is 11.5 Å². The second-order valence-electron chi connectivity index (χ2n) is 4.92. The van der Waals surface area contributed by atoms with Gasteiger partial charge in [-0.05, 0) is 36.4 Å². The Balaban J connectivity index is 1.77. The lowest BCUT2D eigenvalue weighted by Crippen LogP contribution is -2.12. The van der Waals surface area contributed by atoms with Crippen molar-refractivity contribution in [2.45, 2.75) is 0 Å². The molecule has 0 radical (unpaired) electrons. The number of carbonyl (C=O) groups excluding carboxylic acids is 1. The summed E-state index contributed by atoms with van der Waals surface area (Å²) < 4.78 is 10.4.